The molecule has 0 saturated heterocycles. The molecule has 0 bridgehead atoms. The fraction of sp³-hybridized carbons (Fsp3) is 0.600. The number of rotatable bonds is 1. The molecule has 1 heterocycles. The highest BCUT2D eigenvalue weighted by molar-refractivity contribution is 7.10. The molecule has 1 aliphatic carbocycles. The van der Waals surface area contributed by atoms with Gasteiger partial charge in [0.1, 0.15) is 0 Å². The van der Waals surface area contributed by atoms with Crippen LogP contribution in [0.3, 0.4) is 0 Å². The van der Waals surface area contributed by atoms with Gasteiger partial charge in [0.15, 0.2) is 0 Å². The topological polar surface area (TPSA) is 20.2 Å². The molecule has 1 aromatic heterocycles. The Labute approximate surface area is 77.0 Å². The predicted octanol–water partition coefficient (Wildman–Crippen LogP) is 2.77. The van der Waals surface area contributed by atoms with Gasteiger partial charge in [0, 0.05) is 10.8 Å². The van der Waals surface area contributed by atoms with E-state index in [2.05, 4.69) is 17.5 Å². The maximum absolute atomic E-state index is 9.75. The highest BCUT2D eigenvalue weighted by Gasteiger charge is 2.24. The van der Waals surface area contributed by atoms with E-state index in [1.165, 1.54) is 24.1 Å². The number of hydrogen-bond acceptors (Lipinski definition) is 2. The monoisotopic (exact) mass is 182 g/mol. The molecule has 1 nitrogen and oxygen atoms in total. The summed E-state index contributed by atoms with van der Waals surface area (Å²) in [6, 6.07) is 4.21. The molecule has 12 heavy (non-hydrogen) atoms. The summed E-state index contributed by atoms with van der Waals surface area (Å²) >= 11 is 1.77. The summed E-state index contributed by atoms with van der Waals surface area (Å²) in [6.45, 7) is 0. The molecule has 0 aliphatic heterocycles. The van der Waals surface area contributed by atoms with Gasteiger partial charge in [0.05, 0.1) is 6.10 Å². The van der Waals surface area contributed by atoms with Gasteiger partial charge in [-0.15, -0.1) is 11.3 Å². The van der Waals surface area contributed by atoms with Crippen molar-refractivity contribution in [2.45, 2.75) is 37.7 Å². The van der Waals surface area contributed by atoms with E-state index in [0.717, 1.165) is 6.42 Å². The molecule has 0 amide bonds. The molecular formula is C10H14OS. The van der Waals surface area contributed by atoms with Crippen LogP contribution in [0.2, 0.25) is 0 Å². The van der Waals surface area contributed by atoms with Gasteiger partial charge in [-0.3, -0.25) is 0 Å². The highest BCUT2D eigenvalue weighted by Crippen LogP contribution is 2.35. The number of thiophene rings is 1. The van der Waals surface area contributed by atoms with Crippen molar-refractivity contribution >= 4 is 11.3 Å². The van der Waals surface area contributed by atoms with Crippen LogP contribution in [0.1, 0.15) is 36.5 Å². The van der Waals surface area contributed by atoms with Crippen LogP contribution >= 0.6 is 11.3 Å². The van der Waals surface area contributed by atoms with Crippen molar-refractivity contribution in [2.75, 3.05) is 0 Å². The van der Waals surface area contributed by atoms with Gasteiger partial charge in [0.2, 0.25) is 0 Å². The minimum Gasteiger partial charge on any atom is -0.392 e. The Bertz CT molecular complexity index is 230. The largest absolute Gasteiger partial charge is 0.392 e. The third kappa shape index (κ3) is 1.54. The first kappa shape index (κ1) is 8.27. The lowest BCUT2D eigenvalue weighted by atomic mass is 9.86. The molecule has 0 unspecified atom stereocenters. The molecule has 66 valence electrons. The number of hydrogen-bond donors (Lipinski definition) is 1. The Hall–Kier alpha value is -0.340. The third-order valence-electron chi connectivity index (χ3n) is 2.64. The lowest BCUT2D eigenvalue weighted by Crippen LogP contribution is -2.21. The standard InChI is InChI=1S/C10H14OS/c11-9-5-2-1-4-8(9)10-6-3-7-12-10/h3,6-9,11H,1-2,4-5H2/t8-,9-/m0/s1. The lowest BCUT2D eigenvalue weighted by molar-refractivity contribution is 0.107. The zero-order valence-electron chi connectivity index (χ0n) is 7.07. The van der Waals surface area contributed by atoms with Crippen molar-refractivity contribution in [3.05, 3.63) is 22.4 Å². The summed E-state index contributed by atoms with van der Waals surface area (Å²) in [5, 5.41) is 11.8. The van der Waals surface area contributed by atoms with Gasteiger partial charge < -0.3 is 5.11 Å². The summed E-state index contributed by atoms with van der Waals surface area (Å²) < 4.78 is 0. The Balaban J connectivity index is 2.11. The highest BCUT2D eigenvalue weighted by atomic mass is 32.1. The van der Waals surface area contributed by atoms with E-state index in [0.29, 0.717) is 5.92 Å². The number of aliphatic hydroxyl groups is 1. The molecule has 1 N–H and O–H groups in total. The minimum atomic E-state index is -0.0857. The molecule has 0 radical (unpaired) electrons. The zero-order valence-corrected chi connectivity index (χ0v) is 7.89. The van der Waals surface area contributed by atoms with Crippen molar-refractivity contribution < 1.29 is 5.11 Å². The smallest absolute Gasteiger partial charge is 0.0616 e. The van der Waals surface area contributed by atoms with E-state index in [1.807, 2.05) is 0 Å². The summed E-state index contributed by atoms with van der Waals surface area (Å²) in [7, 11) is 0. The third-order valence-corrected chi connectivity index (χ3v) is 3.64. The van der Waals surface area contributed by atoms with Gasteiger partial charge in [-0.2, -0.15) is 0 Å². The van der Waals surface area contributed by atoms with E-state index < -0.39 is 0 Å². The first-order chi connectivity index (χ1) is 5.88. The van der Waals surface area contributed by atoms with E-state index in [-0.39, 0.29) is 6.10 Å². The van der Waals surface area contributed by atoms with Gasteiger partial charge in [0.25, 0.3) is 0 Å². The molecule has 2 heteroatoms. The van der Waals surface area contributed by atoms with Crippen molar-refractivity contribution in [2.24, 2.45) is 0 Å². The molecule has 0 spiro atoms. The molecule has 0 aromatic carbocycles. The second-order valence-electron chi connectivity index (χ2n) is 3.47. The Morgan fingerprint density at radius 3 is 2.83 bits per heavy atom. The molecule has 2 atom stereocenters. The van der Waals surface area contributed by atoms with Crippen molar-refractivity contribution in [3.63, 3.8) is 0 Å². The molecular weight excluding hydrogens is 168 g/mol. The van der Waals surface area contributed by atoms with Gasteiger partial charge in [-0.25, -0.2) is 0 Å². The summed E-state index contributed by atoms with van der Waals surface area (Å²) in [5.41, 5.74) is 0. The Kier molecular flexibility index (Phi) is 2.47. The van der Waals surface area contributed by atoms with Gasteiger partial charge in [-0.05, 0) is 24.3 Å². The maximum atomic E-state index is 9.75. The van der Waals surface area contributed by atoms with E-state index in [4.69, 9.17) is 0 Å². The van der Waals surface area contributed by atoms with Crippen LogP contribution < -0.4 is 0 Å². The van der Waals surface area contributed by atoms with Crippen molar-refractivity contribution in [1.29, 1.82) is 0 Å². The summed E-state index contributed by atoms with van der Waals surface area (Å²) in [5.74, 6) is 0.429. The fourth-order valence-corrected chi connectivity index (χ4v) is 2.87. The average Bonchev–Trinajstić information content (AvgIpc) is 2.57. The minimum absolute atomic E-state index is 0.0857. The lowest BCUT2D eigenvalue weighted by Gasteiger charge is -2.26. The van der Waals surface area contributed by atoms with Gasteiger partial charge in [-0.1, -0.05) is 18.9 Å². The van der Waals surface area contributed by atoms with E-state index in [1.54, 1.807) is 11.3 Å². The zero-order chi connectivity index (χ0) is 8.39. The van der Waals surface area contributed by atoms with Crippen molar-refractivity contribution in [3.8, 4) is 0 Å². The van der Waals surface area contributed by atoms with Crippen LogP contribution in [0.5, 0.6) is 0 Å². The Morgan fingerprint density at radius 1 is 1.33 bits per heavy atom. The second kappa shape index (κ2) is 3.58. The van der Waals surface area contributed by atoms with Crippen LogP contribution in [0, 0.1) is 0 Å². The first-order valence-corrected chi connectivity index (χ1v) is 5.47. The quantitative estimate of drug-likeness (QED) is 0.708. The molecule has 2 rings (SSSR count). The fourth-order valence-electron chi connectivity index (χ4n) is 1.95. The Morgan fingerprint density at radius 2 is 2.17 bits per heavy atom. The normalized spacial score (nSPS) is 30.4. The predicted molar refractivity (Wildman–Crippen MR) is 51.5 cm³/mol. The molecule has 1 aliphatic rings. The van der Waals surface area contributed by atoms with E-state index in [9.17, 15) is 5.11 Å². The van der Waals surface area contributed by atoms with Crippen LogP contribution in [-0.2, 0) is 0 Å². The van der Waals surface area contributed by atoms with E-state index >= 15 is 0 Å². The first-order valence-electron chi connectivity index (χ1n) is 4.59. The van der Waals surface area contributed by atoms with Crippen molar-refractivity contribution in [1.82, 2.24) is 0 Å². The maximum Gasteiger partial charge on any atom is 0.0616 e. The van der Waals surface area contributed by atoms with Gasteiger partial charge >= 0.3 is 0 Å². The van der Waals surface area contributed by atoms with Crippen LogP contribution in [-0.4, -0.2) is 11.2 Å². The molecule has 1 fully saturated rings. The SMILES string of the molecule is O[C@H]1CCCC[C@@H]1c1cccs1. The second-order valence-corrected chi connectivity index (χ2v) is 4.45. The summed E-state index contributed by atoms with van der Waals surface area (Å²) in [4.78, 5) is 1.36. The molecule has 1 saturated carbocycles. The van der Waals surface area contributed by atoms with Crippen LogP contribution in [0.25, 0.3) is 0 Å². The number of aliphatic hydroxyl groups excluding tert-OH is 1. The summed E-state index contributed by atoms with van der Waals surface area (Å²) in [6.07, 6.45) is 4.55. The van der Waals surface area contributed by atoms with Crippen LogP contribution in [0.15, 0.2) is 17.5 Å². The van der Waals surface area contributed by atoms with Crippen LogP contribution in [0.4, 0.5) is 0 Å². The average molecular weight is 182 g/mol. The molecule has 1 aromatic rings.